The summed E-state index contributed by atoms with van der Waals surface area (Å²) < 4.78 is 5.14. The number of furan rings is 1. The van der Waals surface area contributed by atoms with Crippen molar-refractivity contribution in [2.24, 2.45) is 0 Å². The highest BCUT2D eigenvalue weighted by Crippen LogP contribution is 2.34. The summed E-state index contributed by atoms with van der Waals surface area (Å²) in [6, 6.07) is 6.98. The molecule has 2 aromatic rings. The lowest BCUT2D eigenvalue weighted by Crippen LogP contribution is -2.30. The van der Waals surface area contributed by atoms with E-state index < -0.39 is 0 Å². The van der Waals surface area contributed by atoms with Crippen LogP contribution in [0.1, 0.15) is 10.6 Å². The molecule has 4 N–H and O–H groups in total. The number of rotatable bonds is 7. The van der Waals surface area contributed by atoms with Crippen molar-refractivity contribution < 1.29 is 19.4 Å². The summed E-state index contributed by atoms with van der Waals surface area (Å²) >= 11 is 0. The van der Waals surface area contributed by atoms with Crippen molar-refractivity contribution in [2.75, 3.05) is 36.9 Å². The molecule has 0 fully saturated rings. The second-order valence-electron chi connectivity index (χ2n) is 4.53. The number of aliphatic hydroxyl groups is 2. The van der Waals surface area contributed by atoms with E-state index in [1.165, 1.54) is 6.26 Å². The van der Waals surface area contributed by atoms with Crippen LogP contribution in [0.5, 0.6) is 0 Å². The maximum absolute atomic E-state index is 11.1. The third-order valence-corrected chi connectivity index (χ3v) is 3.19. The van der Waals surface area contributed by atoms with Crippen LogP contribution in [0, 0.1) is 0 Å². The van der Waals surface area contributed by atoms with Crippen molar-refractivity contribution in [3.63, 3.8) is 0 Å². The molecule has 0 aliphatic rings. The van der Waals surface area contributed by atoms with Gasteiger partial charge in [0.1, 0.15) is 0 Å². The zero-order valence-corrected chi connectivity index (χ0v) is 11.5. The number of carbonyl (C=O) groups excluding carboxylic acids is 1. The number of carbonyl (C=O) groups is 1. The molecule has 2 rings (SSSR count). The van der Waals surface area contributed by atoms with Crippen molar-refractivity contribution in [1.29, 1.82) is 0 Å². The van der Waals surface area contributed by atoms with Crippen LogP contribution in [-0.2, 0) is 0 Å². The lowest BCUT2D eigenvalue weighted by atomic mass is 10.0. The highest BCUT2D eigenvalue weighted by atomic mass is 16.3. The van der Waals surface area contributed by atoms with Gasteiger partial charge in [-0.3, -0.25) is 4.79 Å². The summed E-state index contributed by atoms with van der Waals surface area (Å²) in [6.07, 6.45) is 2.08. The average Bonchev–Trinajstić information content (AvgIpc) is 2.95. The molecule has 0 aliphatic heterocycles. The van der Waals surface area contributed by atoms with Gasteiger partial charge in [-0.05, 0) is 24.3 Å². The predicted octanol–water partition coefficient (Wildman–Crippen LogP) is 1.13. The minimum Gasteiger partial charge on any atom is -0.461 e. The highest BCUT2D eigenvalue weighted by molar-refractivity contribution is 5.90. The molecule has 21 heavy (non-hydrogen) atoms. The molecule has 0 radical (unpaired) electrons. The fourth-order valence-corrected chi connectivity index (χ4v) is 2.27. The first kappa shape index (κ1) is 15.1. The van der Waals surface area contributed by atoms with Gasteiger partial charge in [0, 0.05) is 35.6 Å². The van der Waals surface area contributed by atoms with Gasteiger partial charge in [-0.2, -0.15) is 0 Å². The molecule has 1 aromatic carbocycles. The van der Waals surface area contributed by atoms with E-state index in [9.17, 15) is 15.0 Å². The summed E-state index contributed by atoms with van der Waals surface area (Å²) in [5.74, 6) is 0.217. The molecular weight excluding hydrogens is 272 g/mol. The number of hydrogen-bond donors (Lipinski definition) is 3. The van der Waals surface area contributed by atoms with Gasteiger partial charge in [0.25, 0.3) is 0 Å². The Morgan fingerprint density at radius 1 is 1.14 bits per heavy atom. The number of nitrogens with two attached hydrogens (primary N) is 1. The van der Waals surface area contributed by atoms with Gasteiger partial charge in [0.05, 0.1) is 19.5 Å². The maximum Gasteiger partial charge on any atom is 0.185 e. The van der Waals surface area contributed by atoms with Crippen LogP contribution < -0.4 is 10.6 Å². The lowest BCUT2D eigenvalue weighted by molar-refractivity contribution is 0.110. The Balaban J connectivity index is 2.53. The number of benzene rings is 1. The highest BCUT2D eigenvalue weighted by Gasteiger charge is 2.16. The smallest absolute Gasteiger partial charge is 0.185 e. The van der Waals surface area contributed by atoms with Gasteiger partial charge in [-0.25, -0.2) is 0 Å². The van der Waals surface area contributed by atoms with Crippen molar-refractivity contribution >= 4 is 17.7 Å². The third-order valence-electron chi connectivity index (χ3n) is 3.19. The number of nitrogen functional groups attached to an aromatic ring is 1. The maximum atomic E-state index is 11.1. The third kappa shape index (κ3) is 3.24. The van der Waals surface area contributed by atoms with Crippen LogP contribution in [-0.4, -0.2) is 42.8 Å². The summed E-state index contributed by atoms with van der Waals surface area (Å²) in [5, 5.41) is 18.4. The summed E-state index contributed by atoms with van der Waals surface area (Å²) in [7, 11) is 0. The van der Waals surface area contributed by atoms with E-state index in [1.807, 2.05) is 4.90 Å². The molecule has 6 heteroatoms. The molecule has 6 nitrogen and oxygen atoms in total. The number of hydrogen-bond acceptors (Lipinski definition) is 6. The normalized spacial score (nSPS) is 10.6. The summed E-state index contributed by atoms with van der Waals surface area (Å²) in [5.41, 5.74) is 8.53. The topological polar surface area (TPSA) is 99.9 Å². The second-order valence-corrected chi connectivity index (χ2v) is 4.53. The standard InChI is InChI=1S/C15H18N2O4/c16-11-1-2-14(17(4-6-18)5-7-19)13(9-11)12-3-8-21-15(12)10-20/h1-3,8-10,18-19H,4-7,16H2. The van der Waals surface area contributed by atoms with Gasteiger partial charge in [0.2, 0.25) is 0 Å². The number of anilines is 2. The zero-order chi connectivity index (χ0) is 15.2. The first-order chi connectivity index (χ1) is 10.2. The Hall–Kier alpha value is -2.31. The largest absolute Gasteiger partial charge is 0.461 e. The van der Waals surface area contributed by atoms with Crippen LogP contribution in [0.3, 0.4) is 0 Å². The molecule has 0 spiro atoms. The molecule has 112 valence electrons. The Labute approximate surface area is 122 Å². The van der Waals surface area contributed by atoms with E-state index in [0.717, 1.165) is 11.3 Å². The summed E-state index contributed by atoms with van der Waals surface area (Å²) in [6.45, 7) is 0.642. The molecule has 0 saturated carbocycles. The molecule has 1 aromatic heterocycles. The van der Waals surface area contributed by atoms with Gasteiger partial charge < -0.3 is 25.3 Å². The Morgan fingerprint density at radius 2 is 1.86 bits per heavy atom. The lowest BCUT2D eigenvalue weighted by Gasteiger charge is -2.25. The van der Waals surface area contributed by atoms with Crippen LogP contribution in [0.4, 0.5) is 11.4 Å². The molecule has 1 heterocycles. The zero-order valence-electron chi connectivity index (χ0n) is 11.5. The number of nitrogens with zero attached hydrogens (tertiary/aromatic N) is 1. The fraction of sp³-hybridized carbons (Fsp3) is 0.267. The van der Waals surface area contributed by atoms with Crippen molar-refractivity contribution in [2.45, 2.75) is 0 Å². The van der Waals surface area contributed by atoms with Crippen molar-refractivity contribution in [3.8, 4) is 11.1 Å². The van der Waals surface area contributed by atoms with Gasteiger partial charge in [-0.1, -0.05) is 0 Å². The molecular formula is C15H18N2O4. The van der Waals surface area contributed by atoms with Gasteiger partial charge >= 0.3 is 0 Å². The van der Waals surface area contributed by atoms with Crippen LogP contribution in [0.25, 0.3) is 11.1 Å². The Bertz CT molecular complexity index is 603. The van der Waals surface area contributed by atoms with Gasteiger partial charge in [0.15, 0.2) is 12.0 Å². The van der Waals surface area contributed by atoms with Crippen LogP contribution >= 0.6 is 0 Å². The SMILES string of the molecule is Nc1ccc(N(CCO)CCO)c(-c2ccoc2C=O)c1. The quantitative estimate of drug-likeness (QED) is 0.522. The van der Waals surface area contributed by atoms with E-state index in [4.69, 9.17) is 10.2 Å². The van der Waals surface area contributed by atoms with Crippen molar-refractivity contribution in [1.82, 2.24) is 0 Å². The minimum absolute atomic E-state index is 0.0459. The second kappa shape index (κ2) is 6.92. The fourth-order valence-electron chi connectivity index (χ4n) is 2.27. The van der Waals surface area contributed by atoms with E-state index in [2.05, 4.69) is 0 Å². The average molecular weight is 290 g/mol. The van der Waals surface area contributed by atoms with E-state index >= 15 is 0 Å². The number of aldehydes is 1. The Kier molecular flexibility index (Phi) is 4.97. The first-order valence-electron chi connectivity index (χ1n) is 6.60. The predicted molar refractivity (Wildman–Crippen MR) is 80.3 cm³/mol. The molecule has 0 aliphatic carbocycles. The van der Waals surface area contributed by atoms with Gasteiger partial charge in [-0.15, -0.1) is 0 Å². The molecule has 0 atom stereocenters. The van der Waals surface area contributed by atoms with E-state index in [1.54, 1.807) is 24.3 Å². The summed E-state index contributed by atoms with van der Waals surface area (Å²) in [4.78, 5) is 12.9. The number of aliphatic hydroxyl groups excluding tert-OH is 2. The van der Waals surface area contributed by atoms with E-state index in [-0.39, 0.29) is 19.0 Å². The van der Waals surface area contributed by atoms with E-state index in [0.29, 0.717) is 30.6 Å². The molecule has 0 amide bonds. The first-order valence-corrected chi connectivity index (χ1v) is 6.60. The Morgan fingerprint density at radius 3 is 2.48 bits per heavy atom. The van der Waals surface area contributed by atoms with Crippen LogP contribution in [0.15, 0.2) is 34.9 Å². The molecule has 0 unspecified atom stereocenters. The van der Waals surface area contributed by atoms with Crippen molar-refractivity contribution in [3.05, 3.63) is 36.3 Å². The monoisotopic (exact) mass is 290 g/mol. The minimum atomic E-state index is -0.0459. The van der Waals surface area contributed by atoms with Crippen LogP contribution in [0.2, 0.25) is 0 Å². The molecule has 0 saturated heterocycles. The molecule has 0 bridgehead atoms.